The molecule has 1 aromatic rings. The summed E-state index contributed by atoms with van der Waals surface area (Å²) in [6.07, 6.45) is 1.79. The summed E-state index contributed by atoms with van der Waals surface area (Å²) in [7, 11) is 0. The highest BCUT2D eigenvalue weighted by atomic mass is 16.7. The van der Waals surface area contributed by atoms with E-state index in [1.807, 2.05) is 0 Å². The number of hydrogen-bond acceptors (Lipinski definition) is 5. The number of nitrogens with two attached hydrogens (primary N) is 2. The predicted molar refractivity (Wildman–Crippen MR) is 71.8 cm³/mol. The Morgan fingerprint density at radius 3 is 2.47 bits per heavy atom. The average molecular weight is 266 g/mol. The summed E-state index contributed by atoms with van der Waals surface area (Å²) in [5.41, 5.74) is 11.2. The van der Waals surface area contributed by atoms with Crippen LogP contribution in [0, 0.1) is 10.1 Å². The Bertz CT molecular complexity index is 424. The lowest BCUT2D eigenvalue weighted by molar-refractivity contribution is -0.484. The molecule has 0 saturated carbocycles. The SMILES string of the molecule is NCCCC[C@H](N)C(=O)N(c1ccccc1)[N+](=O)[O-]. The van der Waals surface area contributed by atoms with Crippen LogP contribution in [0.5, 0.6) is 0 Å². The van der Waals surface area contributed by atoms with Gasteiger partial charge in [-0.3, -0.25) is 4.79 Å². The third-order valence-electron chi connectivity index (χ3n) is 2.66. The molecule has 4 N–H and O–H groups in total. The van der Waals surface area contributed by atoms with Gasteiger partial charge in [0.15, 0.2) is 5.03 Å². The molecule has 0 aliphatic carbocycles. The number of hydrogen-bond donors (Lipinski definition) is 2. The molecule has 1 aromatic carbocycles. The van der Waals surface area contributed by atoms with Crippen LogP contribution in [0.25, 0.3) is 0 Å². The largest absolute Gasteiger partial charge is 0.330 e. The van der Waals surface area contributed by atoms with Crippen LogP contribution in [-0.4, -0.2) is 23.5 Å². The fourth-order valence-corrected chi connectivity index (χ4v) is 1.66. The van der Waals surface area contributed by atoms with Crippen LogP contribution in [0.15, 0.2) is 30.3 Å². The number of para-hydroxylation sites is 1. The minimum absolute atomic E-state index is 0.201. The Labute approximate surface area is 111 Å². The molecular weight excluding hydrogens is 248 g/mol. The molecule has 0 unspecified atom stereocenters. The Morgan fingerprint density at radius 1 is 1.32 bits per heavy atom. The van der Waals surface area contributed by atoms with Crippen molar-refractivity contribution in [1.29, 1.82) is 0 Å². The number of anilines is 1. The monoisotopic (exact) mass is 266 g/mol. The van der Waals surface area contributed by atoms with Crippen molar-refractivity contribution in [1.82, 2.24) is 0 Å². The third-order valence-corrected chi connectivity index (χ3v) is 2.66. The zero-order chi connectivity index (χ0) is 14.3. The van der Waals surface area contributed by atoms with Gasteiger partial charge in [0, 0.05) is 0 Å². The Kier molecular flexibility index (Phi) is 5.91. The fourth-order valence-electron chi connectivity index (χ4n) is 1.66. The Balaban J connectivity index is 2.77. The van der Waals surface area contributed by atoms with E-state index in [-0.39, 0.29) is 5.69 Å². The van der Waals surface area contributed by atoms with E-state index in [2.05, 4.69) is 0 Å². The molecule has 104 valence electrons. The lowest BCUT2D eigenvalue weighted by Gasteiger charge is -2.16. The minimum atomic E-state index is -0.892. The van der Waals surface area contributed by atoms with Gasteiger partial charge in [-0.05, 0) is 36.5 Å². The smallest absolute Gasteiger partial charge is 0.306 e. The van der Waals surface area contributed by atoms with E-state index in [0.717, 1.165) is 6.42 Å². The van der Waals surface area contributed by atoms with Gasteiger partial charge in [-0.15, -0.1) is 0 Å². The molecule has 1 amide bonds. The number of hydrazine groups is 1. The van der Waals surface area contributed by atoms with Gasteiger partial charge in [0.25, 0.3) is 0 Å². The number of unbranched alkanes of at least 4 members (excludes halogenated alkanes) is 1. The molecular formula is C12H18N4O3. The van der Waals surface area contributed by atoms with Gasteiger partial charge >= 0.3 is 5.91 Å². The van der Waals surface area contributed by atoms with Crippen molar-refractivity contribution in [3.05, 3.63) is 40.4 Å². The van der Waals surface area contributed by atoms with Crippen LogP contribution < -0.4 is 16.5 Å². The summed E-state index contributed by atoms with van der Waals surface area (Å²) >= 11 is 0. The molecule has 0 aliphatic rings. The van der Waals surface area contributed by atoms with Crippen LogP contribution in [0.4, 0.5) is 5.69 Å². The maximum atomic E-state index is 12.0. The number of nitrogens with zero attached hydrogens (tertiary/aromatic N) is 2. The summed E-state index contributed by atoms with van der Waals surface area (Å²) in [6.45, 7) is 0.512. The van der Waals surface area contributed by atoms with Gasteiger partial charge in [-0.25, -0.2) is 10.1 Å². The molecule has 7 heteroatoms. The molecule has 0 spiro atoms. The first-order valence-electron chi connectivity index (χ1n) is 6.07. The third kappa shape index (κ3) is 4.31. The maximum absolute atomic E-state index is 12.0. The predicted octanol–water partition coefficient (Wildman–Crippen LogP) is 0.668. The van der Waals surface area contributed by atoms with E-state index >= 15 is 0 Å². The number of benzene rings is 1. The number of rotatable bonds is 7. The van der Waals surface area contributed by atoms with Crippen molar-refractivity contribution < 1.29 is 9.83 Å². The fraction of sp³-hybridized carbons (Fsp3) is 0.417. The number of nitro groups is 1. The van der Waals surface area contributed by atoms with Crippen LogP contribution in [0.3, 0.4) is 0 Å². The molecule has 0 aromatic heterocycles. The lowest BCUT2D eigenvalue weighted by atomic mass is 10.1. The summed E-state index contributed by atoms with van der Waals surface area (Å²) in [5, 5.41) is 10.8. The second kappa shape index (κ2) is 7.45. The molecule has 19 heavy (non-hydrogen) atoms. The van der Waals surface area contributed by atoms with Crippen LogP contribution in [-0.2, 0) is 4.79 Å². The van der Waals surface area contributed by atoms with Crippen LogP contribution in [0.2, 0.25) is 0 Å². The van der Waals surface area contributed by atoms with E-state index in [0.29, 0.717) is 24.4 Å². The second-order valence-electron chi connectivity index (χ2n) is 4.11. The molecule has 0 saturated heterocycles. The Hall–Kier alpha value is -1.99. The molecule has 0 bridgehead atoms. The van der Waals surface area contributed by atoms with E-state index in [4.69, 9.17) is 11.5 Å². The van der Waals surface area contributed by atoms with Crippen molar-refractivity contribution in [2.75, 3.05) is 11.6 Å². The molecule has 0 aliphatic heterocycles. The van der Waals surface area contributed by atoms with Gasteiger partial charge in [-0.2, -0.15) is 0 Å². The maximum Gasteiger partial charge on any atom is 0.306 e. The molecule has 0 radical (unpaired) electrons. The Morgan fingerprint density at radius 2 is 1.95 bits per heavy atom. The lowest BCUT2D eigenvalue weighted by Crippen LogP contribution is -2.46. The van der Waals surface area contributed by atoms with Crippen LogP contribution in [0.1, 0.15) is 19.3 Å². The molecule has 1 rings (SSSR count). The van der Waals surface area contributed by atoms with Crippen molar-refractivity contribution in [2.24, 2.45) is 11.5 Å². The summed E-state index contributed by atoms with van der Waals surface area (Å²) in [5.74, 6) is -0.715. The topological polar surface area (TPSA) is 115 Å². The first-order valence-corrected chi connectivity index (χ1v) is 6.07. The summed E-state index contributed by atoms with van der Waals surface area (Å²) < 4.78 is 0. The van der Waals surface area contributed by atoms with E-state index < -0.39 is 17.0 Å². The van der Waals surface area contributed by atoms with Gasteiger partial charge in [0.2, 0.25) is 0 Å². The van der Waals surface area contributed by atoms with Crippen LogP contribution >= 0.6 is 0 Å². The normalized spacial score (nSPS) is 11.9. The first kappa shape index (κ1) is 15.1. The minimum Gasteiger partial charge on any atom is -0.330 e. The van der Waals surface area contributed by atoms with E-state index in [9.17, 15) is 14.9 Å². The summed E-state index contributed by atoms with van der Waals surface area (Å²) in [6, 6.07) is 7.06. The number of amides is 1. The zero-order valence-electron chi connectivity index (χ0n) is 10.6. The molecule has 0 fully saturated rings. The summed E-state index contributed by atoms with van der Waals surface area (Å²) in [4.78, 5) is 23.0. The highest BCUT2D eigenvalue weighted by molar-refractivity contribution is 5.94. The zero-order valence-corrected chi connectivity index (χ0v) is 10.6. The molecule has 1 atom stereocenters. The van der Waals surface area contributed by atoms with Gasteiger partial charge in [-0.1, -0.05) is 24.6 Å². The highest BCUT2D eigenvalue weighted by Gasteiger charge is 2.30. The highest BCUT2D eigenvalue weighted by Crippen LogP contribution is 2.15. The van der Waals surface area contributed by atoms with Crippen molar-refractivity contribution in [3.8, 4) is 0 Å². The van der Waals surface area contributed by atoms with Crippen molar-refractivity contribution in [2.45, 2.75) is 25.3 Å². The average Bonchev–Trinajstić information content (AvgIpc) is 2.39. The number of carbonyl (C=O) groups excluding carboxylic acids is 1. The van der Waals surface area contributed by atoms with Gasteiger partial charge < -0.3 is 11.5 Å². The van der Waals surface area contributed by atoms with E-state index in [1.165, 1.54) is 12.1 Å². The van der Waals surface area contributed by atoms with Crippen molar-refractivity contribution in [3.63, 3.8) is 0 Å². The van der Waals surface area contributed by atoms with Gasteiger partial charge in [0.05, 0.1) is 6.04 Å². The first-order chi connectivity index (χ1) is 9.07. The molecule has 7 nitrogen and oxygen atoms in total. The standard InChI is InChI=1S/C12H18N4O3/c13-9-5-4-8-11(14)12(17)15(16(18)19)10-6-2-1-3-7-10/h1-3,6-7,11H,4-5,8-9,13-14H2/t11-/m0/s1. The second-order valence-corrected chi connectivity index (χ2v) is 4.11. The molecule has 0 heterocycles. The van der Waals surface area contributed by atoms with E-state index in [1.54, 1.807) is 18.2 Å². The number of carbonyl (C=O) groups is 1. The van der Waals surface area contributed by atoms with Gasteiger partial charge in [0.1, 0.15) is 5.69 Å². The van der Waals surface area contributed by atoms with Crippen molar-refractivity contribution >= 4 is 11.6 Å². The quantitative estimate of drug-likeness (QED) is 0.427.